The van der Waals surface area contributed by atoms with Gasteiger partial charge in [0.25, 0.3) is 0 Å². The van der Waals surface area contributed by atoms with Crippen molar-refractivity contribution < 1.29 is 0 Å². The van der Waals surface area contributed by atoms with Crippen molar-refractivity contribution in [3.63, 3.8) is 0 Å². The molecule has 0 bridgehead atoms. The summed E-state index contributed by atoms with van der Waals surface area (Å²) in [4.78, 5) is 5.41. The van der Waals surface area contributed by atoms with Crippen LogP contribution >= 0.6 is 0 Å². The van der Waals surface area contributed by atoms with E-state index in [0.29, 0.717) is 0 Å². The highest BCUT2D eigenvalue weighted by molar-refractivity contribution is 5.49. The van der Waals surface area contributed by atoms with Crippen LogP contribution in [0.2, 0.25) is 0 Å². The number of anilines is 1. The number of benzene rings is 2. The summed E-state index contributed by atoms with van der Waals surface area (Å²) in [6.45, 7) is 8.91. The first-order valence-electron chi connectivity index (χ1n) is 9.29. The summed E-state index contributed by atoms with van der Waals surface area (Å²) < 4.78 is 0. The minimum atomic E-state index is 0.0835. The number of rotatable bonds is 3. The Kier molecular flexibility index (Phi) is 9.88. The quantitative estimate of drug-likeness (QED) is 0.346. The van der Waals surface area contributed by atoms with Crippen molar-refractivity contribution in [2.45, 2.75) is 52.6 Å². The van der Waals surface area contributed by atoms with E-state index in [1.807, 2.05) is 39.8 Å². The molecular formula is C21H30N4. The van der Waals surface area contributed by atoms with Gasteiger partial charge < -0.3 is 4.90 Å². The van der Waals surface area contributed by atoms with E-state index >= 15 is 0 Å². The van der Waals surface area contributed by atoms with Gasteiger partial charge >= 0.3 is 0 Å². The van der Waals surface area contributed by atoms with Crippen LogP contribution in [0.1, 0.15) is 52.1 Å². The van der Waals surface area contributed by atoms with Crippen LogP contribution in [0.4, 0.5) is 5.69 Å². The molecule has 0 radical (unpaired) electrons. The molecule has 2 unspecified atom stereocenters. The molecule has 1 heterocycles. The van der Waals surface area contributed by atoms with Gasteiger partial charge in [-0.05, 0) is 36.1 Å². The van der Waals surface area contributed by atoms with E-state index in [1.165, 1.54) is 11.3 Å². The molecule has 0 spiro atoms. The third kappa shape index (κ3) is 5.84. The Bertz CT molecular complexity index is 621. The van der Waals surface area contributed by atoms with E-state index < -0.39 is 0 Å². The molecule has 4 nitrogen and oxygen atoms in total. The van der Waals surface area contributed by atoms with Gasteiger partial charge in [-0.1, -0.05) is 81.3 Å². The van der Waals surface area contributed by atoms with Gasteiger partial charge in [-0.25, -0.2) is 0 Å². The van der Waals surface area contributed by atoms with Crippen molar-refractivity contribution in [1.29, 1.82) is 0 Å². The topological polar surface area (TPSA) is 52.0 Å². The van der Waals surface area contributed by atoms with Crippen molar-refractivity contribution >= 4 is 5.69 Å². The summed E-state index contributed by atoms with van der Waals surface area (Å²) in [5.74, 6) is 0. The molecule has 25 heavy (non-hydrogen) atoms. The molecule has 0 aromatic heterocycles. The fraction of sp³-hybridized carbons (Fsp3) is 0.429. The average Bonchev–Trinajstić information content (AvgIpc) is 2.72. The fourth-order valence-corrected chi connectivity index (χ4v) is 3.04. The second kappa shape index (κ2) is 12.0. The predicted octanol–water partition coefficient (Wildman–Crippen LogP) is 6.76. The molecule has 2 aromatic rings. The Morgan fingerprint density at radius 2 is 1.48 bits per heavy atom. The van der Waals surface area contributed by atoms with Gasteiger partial charge in [0.2, 0.25) is 0 Å². The third-order valence-electron chi connectivity index (χ3n) is 4.06. The van der Waals surface area contributed by atoms with Crippen LogP contribution in [-0.4, -0.2) is 12.6 Å². The fourth-order valence-electron chi connectivity index (χ4n) is 3.04. The minimum Gasteiger partial charge on any atom is -0.364 e. The van der Waals surface area contributed by atoms with Gasteiger partial charge in [-0.3, -0.25) is 0 Å². The van der Waals surface area contributed by atoms with Crippen LogP contribution in [0.5, 0.6) is 0 Å². The molecule has 2 aromatic carbocycles. The maximum Gasteiger partial charge on any atom is 0.0546 e. The summed E-state index contributed by atoms with van der Waals surface area (Å²) in [6, 6.07) is 21.3. The second-order valence-electron chi connectivity index (χ2n) is 5.34. The van der Waals surface area contributed by atoms with Gasteiger partial charge in [0.15, 0.2) is 0 Å². The lowest BCUT2D eigenvalue weighted by atomic mass is 9.91. The zero-order valence-electron chi connectivity index (χ0n) is 15.8. The van der Waals surface area contributed by atoms with Crippen LogP contribution in [0.25, 0.3) is 10.4 Å². The molecule has 134 valence electrons. The lowest BCUT2D eigenvalue weighted by molar-refractivity contribution is 0.419. The molecule has 0 saturated carbocycles. The maximum atomic E-state index is 8.70. The van der Waals surface area contributed by atoms with Crippen LogP contribution in [0, 0.1) is 0 Å². The number of nitrogens with zero attached hydrogens (tertiary/aromatic N) is 4. The lowest BCUT2D eigenvalue weighted by Gasteiger charge is -2.40. The standard InChI is InChI=1S/C17H18N4.2C2H6/c18-20-19-15-11-12-21(16-9-5-2-6-10-16)17(13-15)14-7-3-1-4-8-14;2*1-2/h1-10,15,17H,11-13H2;2*1-2H3. The van der Waals surface area contributed by atoms with Gasteiger partial charge in [0, 0.05) is 23.2 Å². The Hall–Kier alpha value is -2.45. The predicted molar refractivity (Wildman–Crippen MR) is 108 cm³/mol. The van der Waals surface area contributed by atoms with Crippen molar-refractivity contribution in [2.75, 3.05) is 11.4 Å². The Morgan fingerprint density at radius 3 is 2.04 bits per heavy atom. The first-order valence-corrected chi connectivity index (χ1v) is 9.29. The molecule has 0 aliphatic carbocycles. The molecule has 1 saturated heterocycles. The van der Waals surface area contributed by atoms with E-state index in [4.69, 9.17) is 5.53 Å². The summed E-state index contributed by atoms with van der Waals surface area (Å²) >= 11 is 0. The molecule has 1 aliphatic heterocycles. The number of piperidine rings is 1. The first-order chi connectivity index (χ1) is 12.4. The molecule has 3 rings (SSSR count). The monoisotopic (exact) mass is 338 g/mol. The van der Waals surface area contributed by atoms with Gasteiger partial charge in [0.1, 0.15) is 0 Å². The van der Waals surface area contributed by atoms with Crippen LogP contribution in [-0.2, 0) is 0 Å². The van der Waals surface area contributed by atoms with Crippen molar-refractivity contribution in [3.05, 3.63) is 76.7 Å². The van der Waals surface area contributed by atoms with E-state index in [1.54, 1.807) is 0 Å². The second-order valence-corrected chi connectivity index (χ2v) is 5.34. The van der Waals surface area contributed by atoms with Crippen LogP contribution in [0.15, 0.2) is 65.8 Å². The number of hydrogen-bond acceptors (Lipinski definition) is 2. The van der Waals surface area contributed by atoms with E-state index in [2.05, 4.69) is 63.5 Å². The number of azide groups is 1. The molecule has 4 heteroatoms. The lowest BCUT2D eigenvalue weighted by Crippen LogP contribution is -2.38. The smallest absolute Gasteiger partial charge is 0.0546 e. The molecular weight excluding hydrogens is 308 g/mol. The SMILES string of the molecule is CC.CC.[N-]=[N+]=NC1CCN(c2ccccc2)C(c2ccccc2)C1. The Balaban J connectivity index is 0.000000730. The van der Waals surface area contributed by atoms with E-state index in [9.17, 15) is 0 Å². The number of para-hydroxylation sites is 1. The van der Waals surface area contributed by atoms with E-state index in [-0.39, 0.29) is 12.1 Å². The summed E-state index contributed by atoms with van der Waals surface area (Å²) in [6.07, 6.45) is 1.77. The minimum absolute atomic E-state index is 0.0835. The van der Waals surface area contributed by atoms with Crippen molar-refractivity contribution in [1.82, 2.24) is 0 Å². The molecule has 1 aliphatic rings. The highest BCUT2D eigenvalue weighted by atomic mass is 15.2. The highest BCUT2D eigenvalue weighted by Gasteiger charge is 2.29. The summed E-state index contributed by atoms with van der Waals surface area (Å²) in [7, 11) is 0. The summed E-state index contributed by atoms with van der Waals surface area (Å²) in [5.41, 5.74) is 11.2. The van der Waals surface area contributed by atoms with Crippen LogP contribution in [0.3, 0.4) is 0 Å². The molecule has 0 N–H and O–H groups in total. The maximum absolute atomic E-state index is 8.70. The normalized spacial score (nSPS) is 18.6. The van der Waals surface area contributed by atoms with Gasteiger partial charge in [-0.15, -0.1) is 0 Å². The van der Waals surface area contributed by atoms with E-state index in [0.717, 1.165) is 19.4 Å². The van der Waals surface area contributed by atoms with Gasteiger partial charge in [-0.2, -0.15) is 0 Å². The average molecular weight is 338 g/mol. The van der Waals surface area contributed by atoms with Crippen molar-refractivity contribution in [3.8, 4) is 0 Å². The Labute approximate surface area is 152 Å². The Morgan fingerprint density at radius 1 is 0.920 bits per heavy atom. The summed E-state index contributed by atoms with van der Waals surface area (Å²) in [5, 5.41) is 3.94. The zero-order chi connectivity index (χ0) is 18.5. The number of hydrogen-bond donors (Lipinski definition) is 0. The molecule has 1 fully saturated rings. The van der Waals surface area contributed by atoms with Crippen LogP contribution < -0.4 is 4.90 Å². The first kappa shape index (κ1) is 20.6. The van der Waals surface area contributed by atoms with Crippen molar-refractivity contribution in [2.24, 2.45) is 5.11 Å². The zero-order valence-corrected chi connectivity index (χ0v) is 15.8. The highest BCUT2D eigenvalue weighted by Crippen LogP contribution is 2.35. The largest absolute Gasteiger partial charge is 0.364 e. The molecule has 2 atom stereocenters. The molecule has 0 amide bonds. The van der Waals surface area contributed by atoms with Gasteiger partial charge in [0.05, 0.1) is 6.04 Å². The third-order valence-corrected chi connectivity index (χ3v) is 4.06.